The van der Waals surface area contributed by atoms with Crippen molar-refractivity contribution in [3.8, 4) is 0 Å². The Hall–Kier alpha value is -1.51. The fourth-order valence-corrected chi connectivity index (χ4v) is 2.78. The van der Waals surface area contributed by atoms with E-state index >= 15 is 0 Å². The second-order valence-electron chi connectivity index (χ2n) is 5.29. The van der Waals surface area contributed by atoms with E-state index in [0.717, 1.165) is 23.7 Å². The van der Waals surface area contributed by atoms with Crippen LogP contribution in [0.25, 0.3) is 0 Å². The number of halogens is 1. The Morgan fingerprint density at radius 1 is 1.10 bits per heavy atom. The maximum Gasteiger partial charge on any atom is 0.0455 e. The molecule has 112 valence electrons. The van der Waals surface area contributed by atoms with Crippen LogP contribution in [-0.2, 0) is 6.54 Å². The summed E-state index contributed by atoms with van der Waals surface area (Å²) in [6, 6.07) is 16.9. The van der Waals surface area contributed by atoms with Gasteiger partial charge in [-0.2, -0.15) is 0 Å². The molecular formula is C18H23ClN2. The molecule has 0 amide bonds. The number of rotatable bonds is 6. The average molecular weight is 303 g/mol. The number of benzene rings is 2. The van der Waals surface area contributed by atoms with Crippen LogP contribution in [0.4, 0.5) is 5.69 Å². The van der Waals surface area contributed by atoms with Crippen LogP contribution in [0.3, 0.4) is 0 Å². The number of nitrogens with one attached hydrogen (secondary N) is 1. The van der Waals surface area contributed by atoms with E-state index in [2.05, 4.69) is 61.4 Å². The van der Waals surface area contributed by atoms with E-state index < -0.39 is 0 Å². The summed E-state index contributed by atoms with van der Waals surface area (Å²) < 4.78 is 0. The standard InChI is InChI=1S/C18H23ClN2/c1-4-20-14(2)16-10-6-8-12-18(16)21(3)13-15-9-5-7-11-17(15)19/h5-12,14,20H,4,13H2,1-3H3. The summed E-state index contributed by atoms with van der Waals surface area (Å²) in [5.74, 6) is 0. The largest absolute Gasteiger partial charge is 0.370 e. The fourth-order valence-electron chi connectivity index (χ4n) is 2.58. The van der Waals surface area contributed by atoms with Crippen LogP contribution in [0.2, 0.25) is 5.02 Å². The molecule has 2 rings (SSSR count). The minimum Gasteiger partial charge on any atom is -0.370 e. The van der Waals surface area contributed by atoms with Gasteiger partial charge in [-0.15, -0.1) is 0 Å². The van der Waals surface area contributed by atoms with Gasteiger partial charge >= 0.3 is 0 Å². The Morgan fingerprint density at radius 3 is 2.48 bits per heavy atom. The van der Waals surface area contributed by atoms with E-state index in [1.807, 2.05) is 18.2 Å². The molecule has 0 aliphatic heterocycles. The van der Waals surface area contributed by atoms with Gasteiger partial charge in [-0.3, -0.25) is 0 Å². The lowest BCUT2D eigenvalue weighted by molar-refractivity contribution is 0.597. The number of hydrogen-bond donors (Lipinski definition) is 1. The molecule has 0 heterocycles. The number of anilines is 1. The minimum absolute atomic E-state index is 0.333. The summed E-state index contributed by atoms with van der Waals surface area (Å²) in [6.45, 7) is 6.09. The second kappa shape index (κ2) is 7.48. The SMILES string of the molecule is CCNC(C)c1ccccc1N(C)Cc1ccccc1Cl. The van der Waals surface area contributed by atoms with E-state index in [4.69, 9.17) is 11.6 Å². The molecule has 2 nitrogen and oxygen atoms in total. The van der Waals surface area contributed by atoms with Crippen LogP contribution in [0.1, 0.15) is 31.0 Å². The van der Waals surface area contributed by atoms with Gasteiger partial charge in [0.25, 0.3) is 0 Å². The molecule has 0 aromatic heterocycles. The fraction of sp³-hybridized carbons (Fsp3) is 0.333. The van der Waals surface area contributed by atoms with Crippen molar-refractivity contribution >= 4 is 17.3 Å². The monoisotopic (exact) mass is 302 g/mol. The smallest absolute Gasteiger partial charge is 0.0455 e. The summed E-state index contributed by atoms with van der Waals surface area (Å²) >= 11 is 6.27. The summed E-state index contributed by atoms with van der Waals surface area (Å²) in [7, 11) is 2.11. The first-order chi connectivity index (χ1) is 10.1. The summed E-state index contributed by atoms with van der Waals surface area (Å²) in [6.07, 6.45) is 0. The first-order valence-electron chi connectivity index (χ1n) is 7.40. The molecule has 21 heavy (non-hydrogen) atoms. The van der Waals surface area contributed by atoms with Crippen molar-refractivity contribution in [2.75, 3.05) is 18.5 Å². The van der Waals surface area contributed by atoms with Gasteiger partial charge in [0.05, 0.1) is 0 Å². The second-order valence-corrected chi connectivity index (χ2v) is 5.69. The van der Waals surface area contributed by atoms with E-state index in [1.54, 1.807) is 0 Å². The molecule has 0 spiro atoms. The van der Waals surface area contributed by atoms with Gasteiger partial charge in [-0.25, -0.2) is 0 Å². The third kappa shape index (κ3) is 3.99. The van der Waals surface area contributed by atoms with Crippen LogP contribution in [0.5, 0.6) is 0 Å². The van der Waals surface area contributed by atoms with Gasteiger partial charge in [-0.1, -0.05) is 54.9 Å². The van der Waals surface area contributed by atoms with Crippen LogP contribution < -0.4 is 10.2 Å². The van der Waals surface area contributed by atoms with Crippen LogP contribution in [0, 0.1) is 0 Å². The van der Waals surface area contributed by atoms with Gasteiger partial charge in [0.15, 0.2) is 0 Å². The number of hydrogen-bond acceptors (Lipinski definition) is 2. The molecule has 2 aromatic rings. The van der Waals surface area contributed by atoms with Crippen molar-refractivity contribution in [1.82, 2.24) is 5.32 Å². The molecule has 0 radical (unpaired) electrons. The Morgan fingerprint density at radius 2 is 1.76 bits per heavy atom. The molecular weight excluding hydrogens is 280 g/mol. The lowest BCUT2D eigenvalue weighted by atomic mass is 10.0. The van der Waals surface area contributed by atoms with Gasteiger partial charge in [0.1, 0.15) is 0 Å². The Labute approximate surface area is 132 Å². The van der Waals surface area contributed by atoms with Gasteiger partial charge in [0, 0.05) is 30.3 Å². The lowest BCUT2D eigenvalue weighted by Gasteiger charge is -2.26. The number of para-hydroxylation sites is 1. The molecule has 0 aliphatic rings. The first-order valence-corrected chi connectivity index (χ1v) is 7.78. The third-order valence-electron chi connectivity index (χ3n) is 3.69. The van der Waals surface area contributed by atoms with E-state index in [9.17, 15) is 0 Å². The maximum absolute atomic E-state index is 6.27. The lowest BCUT2D eigenvalue weighted by Crippen LogP contribution is -2.23. The first kappa shape index (κ1) is 15.9. The zero-order valence-corrected chi connectivity index (χ0v) is 13.7. The molecule has 0 bridgehead atoms. The molecule has 0 saturated heterocycles. The van der Waals surface area contributed by atoms with Crippen LogP contribution in [-0.4, -0.2) is 13.6 Å². The van der Waals surface area contributed by atoms with Crippen molar-refractivity contribution in [3.63, 3.8) is 0 Å². The highest BCUT2D eigenvalue weighted by molar-refractivity contribution is 6.31. The molecule has 3 heteroatoms. The molecule has 2 aromatic carbocycles. The van der Waals surface area contributed by atoms with Crippen molar-refractivity contribution in [2.45, 2.75) is 26.4 Å². The highest BCUT2D eigenvalue weighted by atomic mass is 35.5. The van der Waals surface area contributed by atoms with Gasteiger partial charge < -0.3 is 10.2 Å². The molecule has 0 aliphatic carbocycles. The van der Waals surface area contributed by atoms with Crippen LogP contribution >= 0.6 is 11.6 Å². The van der Waals surface area contributed by atoms with E-state index in [-0.39, 0.29) is 0 Å². The van der Waals surface area contributed by atoms with Crippen molar-refractivity contribution in [2.24, 2.45) is 0 Å². The summed E-state index contributed by atoms with van der Waals surface area (Å²) in [4.78, 5) is 2.25. The zero-order chi connectivity index (χ0) is 15.2. The Balaban J connectivity index is 2.23. The molecule has 1 N–H and O–H groups in total. The van der Waals surface area contributed by atoms with E-state index in [0.29, 0.717) is 6.04 Å². The highest BCUT2D eigenvalue weighted by Gasteiger charge is 2.13. The van der Waals surface area contributed by atoms with Gasteiger partial charge in [-0.05, 0) is 36.7 Å². The Kier molecular flexibility index (Phi) is 5.66. The summed E-state index contributed by atoms with van der Waals surface area (Å²) in [5, 5.41) is 4.30. The predicted octanol–water partition coefficient (Wildman–Crippen LogP) is 4.65. The average Bonchev–Trinajstić information content (AvgIpc) is 2.50. The predicted molar refractivity (Wildman–Crippen MR) is 92.1 cm³/mol. The van der Waals surface area contributed by atoms with Crippen molar-refractivity contribution < 1.29 is 0 Å². The van der Waals surface area contributed by atoms with Crippen molar-refractivity contribution in [3.05, 3.63) is 64.7 Å². The van der Waals surface area contributed by atoms with Crippen LogP contribution in [0.15, 0.2) is 48.5 Å². The molecule has 0 fully saturated rings. The quantitative estimate of drug-likeness (QED) is 0.836. The topological polar surface area (TPSA) is 15.3 Å². The van der Waals surface area contributed by atoms with Gasteiger partial charge in [0.2, 0.25) is 0 Å². The molecule has 1 atom stereocenters. The Bertz CT molecular complexity index is 583. The minimum atomic E-state index is 0.333. The van der Waals surface area contributed by atoms with Crippen molar-refractivity contribution in [1.29, 1.82) is 0 Å². The number of nitrogens with zero attached hydrogens (tertiary/aromatic N) is 1. The van der Waals surface area contributed by atoms with E-state index in [1.165, 1.54) is 11.3 Å². The maximum atomic E-state index is 6.27. The summed E-state index contributed by atoms with van der Waals surface area (Å²) in [5.41, 5.74) is 3.70. The normalized spacial score (nSPS) is 12.2. The third-order valence-corrected chi connectivity index (χ3v) is 4.06. The molecule has 1 unspecified atom stereocenters. The highest BCUT2D eigenvalue weighted by Crippen LogP contribution is 2.27. The molecule has 0 saturated carbocycles. The zero-order valence-electron chi connectivity index (χ0n) is 12.9.